The molecule has 7 heteroatoms. The minimum atomic E-state index is -4.69. The molecule has 1 N–H and O–H groups in total. The number of hydrogen-bond acceptors (Lipinski definition) is 1. The van der Waals surface area contributed by atoms with Gasteiger partial charge in [0.05, 0.1) is 6.04 Å². The molecule has 0 saturated heterocycles. The summed E-state index contributed by atoms with van der Waals surface area (Å²) < 4.78 is 42.5. The first-order valence-corrected chi connectivity index (χ1v) is 8.06. The predicted molar refractivity (Wildman–Crippen MR) is 90.6 cm³/mol. The highest BCUT2D eigenvalue weighted by Gasteiger charge is 2.61. The van der Waals surface area contributed by atoms with Crippen molar-refractivity contribution in [3.05, 3.63) is 64.7 Å². The number of hydrogen-bond donors (Lipinski definition) is 1. The van der Waals surface area contributed by atoms with E-state index in [4.69, 9.17) is 11.6 Å². The number of amides is 2. The van der Waals surface area contributed by atoms with Crippen molar-refractivity contribution in [3.8, 4) is 0 Å². The van der Waals surface area contributed by atoms with Gasteiger partial charge in [0.15, 0.2) is 5.54 Å². The highest BCUT2D eigenvalue weighted by atomic mass is 35.5. The number of rotatable bonds is 2. The summed E-state index contributed by atoms with van der Waals surface area (Å²) in [4.78, 5) is 13.4. The number of nitrogens with one attached hydrogen (secondary N) is 1. The fraction of sp³-hybridized carbons (Fsp3) is 0.278. The van der Waals surface area contributed by atoms with Crippen molar-refractivity contribution in [1.82, 2.24) is 4.90 Å². The van der Waals surface area contributed by atoms with E-state index in [-0.39, 0.29) is 16.3 Å². The average molecular weight is 369 g/mol. The summed E-state index contributed by atoms with van der Waals surface area (Å²) in [6.07, 6.45) is -4.69. The van der Waals surface area contributed by atoms with Crippen LogP contribution in [0, 0.1) is 0 Å². The molecule has 1 aliphatic heterocycles. The van der Waals surface area contributed by atoms with Gasteiger partial charge >= 0.3 is 12.2 Å². The van der Waals surface area contributed by atoms with E-state index in [1.54, 1.807) is 37.3 Å². The summed E-state index contributed by atoms with van der Waals surface area (Å²) in [5.74, 6) is 0. The van der Waals surface area contributed by atoms with Crippen LogP contribution in [0.5, 0.6) is 0 Å². The van der Waals surface area contributed by atoms with Crippen molar-refractivity contribution in [2.24, 2.45) is 0 Å². The second-order valence-corrected chi connectivity index (χ2v) is 6.58. The predicted octanol–water partition coefficient (Wildman–Crippen LogP) is 5.73. The smallest absolute Gasteiger partial charge is 0.307 e. The van der Waals surface area contributed by atoms with Crippen LogP contribution in [-0.4, -0.2) is 17.1 Å². The van der Waals surface area contributed by atoms with Crippen LogP contribution in [0.3, 0.4) is 0 Å². The van der Waals surface area contributed by atoms with Crippen molar-refractivity contribution < 1.29 is 18.0 Å². The summed E-state index contributed by atoms with van der Waals surface area (Å²) in [7, 11) is 0. The average Bonchev–Trinajstić information content (AvgIpc) is 2.55. The normalized spacial score (nSPS) is 21.5. The molecule has 0 spiro atoms. The zero-order valence-electron chi connectivity index (χ0n) is 13.6. The lowest BCUT2D eigenvalue weighted by Gasteiger charge is -2.49. The Labute approximate surface area is 148 Å². The van der Waals surface area contributed by atoms with Crippen molar-refractivity contribution in [2.45, 2.75) is 31.6 Å². The van der Waals surface area contributed by atoms with Crippen LogP contribution in [-0.2, 0) is 5.54 Å². The Morgan fingerprint density at radius 2 is 1.80 bits per heavy atom. The quantitative estimate of drug-likeness (QED) is 0.721. The lowest BCUT2D eigenvalue weighted by atomic mass is 9.84. The van der Waals surface area contributed by atoms with Crippen molar-refractivity contribution >= 4 is 23.3 Å². The minimum absolute atomic E-state index is 0.0742. The van der Waals surface area contributed by atoms with Crippen LogP contribution in [0.2, 0.25) is 5.02 Å². The largest absolute Gasteiger partial charge is 0.415 e. The van der Waals surface area contributed by atoms with Crippen LogP contribution >= 0.6 is 11.6 Å². The van der Waals surface area contributed by atoms with Crippen molar-refractivity contribution in [3.63, 3.8) is 0 Å². The lowest BCUT2D eigenvalue weighted by Crippen LogP contribution is -2.61. The number of benzene rings is 2. The maximum absolute atomic E-state index is 14.2. The van der Waals surface area contributed by atoms with E-state index in [1.165, 1.54) is 18.2 Å². The fourth-order valence-electron chi connectivity index (χ4n) is 3.27. The van der Waals surface area contributed by atoms with Gasteiger partial charge in [0.25, 0.3) is 0 Å². The summed E-state index contributed by atoms with van der Waals surface area (Å²) >= 11 is 5.94. The summed E-state index contributed by atoms with van der Waals surface area (Å²) in [5.41, 5.74) is -1.86. The molecule has 0 aliphatic carbocycles. The Balaban J connectivity index is 2.22. The number of anilines is 1. The summed E-state index contributed by atoms with van der Waals surface area (Å²) in [6.45, 7) is 2.59. The van der Waals surface area contributed by atoms with E-state index < -0.39 is 23.8 Å². The first kappa shape index (κ1) is 17.6. The summed E-state index contributed by atoms with van der Waals surface area (Å²) in [6, 6.07) is 11.1. The molecule has 2 aromatic carbocycles. The molecule has 2 amide bonds. The number of carbonyl (C=O) groups is 1. The second kappa shape index (κ2) is 5.95. The molecule has 0 unspecified atom stereocenters. The lowest BCUT2D eigenvalue weighted by molar-refractivity contribution is -0.227. The van der Waals surface area contributed by atoms with Gasteiger partial charge in [0.2, 0.25) is 0 Å². The van der Waals surface area contributed by atoms with Gasteiger partial charge in [-0.3, -0.25) is 4.90 Å². The molecule has 25 heavy (non-hydrogen) atoms. The third-order valence-corrected chi connectivity index (χ3v) is 4.90. The zero-order valence-corrected chi connectivity index (χ0v) is 14.3. The highest BCUT2D eigenvalue weighted by molar-refractivity contribution is 6.30. The van der Waals surface area contributed by atoms with E-state index in [9.17, 15) is 18.0 Å². The number of carbonyl (C=O) groups excluding carboxylic acids is 1. The third-order valence-electron chi connectivity index (χ3n) is 4.67. The van der Waals surface area contributed by atoms with Gasteiger partial charge in [-0.15, -0.1) is 0 Å². The second-order valence-electron chi connectivity index (χ2n) is 6.15. The van der Waals surface area contributed by atoms with E-state index in [2.05, 4.69) is 5.32 Å². The maximum Gasteiger partial charge on any atom is 0.415 e. The maximum atomic E-state index is 14.2. The zero-order chi connectivity index (χ0) is 18.4. The van der Waals surface area contributed by atoms with Gasteiger partial charge in [0.1, 0.15) is 0 Å². The molecular weight excluding hydrogens is 353 g/mol. The number of nitrogens with zero attached hydrogens (tertiary/aromatic N) is 1. The SMILES string of the molecule is C[C@H](c1ccccc1)N1C(=O)Nc2ccc(Cl)cc2[C@]1(C)C(F)(F)F. The first-order chi connectivity index (χ1) is 11.7. The molecule has 3 rings (SSSR count). The van der Waals surface area contributed by atoms with Crippen LogP contribution < -0.4 is 5.32 Å². The van der Waals surface area contributed by atoms with Crippen molar-refractivity contribution in [1.29, 1.82) is 0 Å². The number of halogens is 4. The van der Waals surface area contributed by atoms with E-state index in [0.29, 0.717) is 5.56 Å². The van der Waals surface area contributed by atoms with Gasteiger partial charge < -0.3 is 5.32 Å². The minimum Gasteiger partial charge on any atom is -0.307 e. The summed E-state index contributed by atoms with van der Waals surface area (Å²) in [5, 5.41) is 2.72. The van der Waals surface area contributed by atoms with Gasteiger partial charge in [-0.05, 0) is 37.6 Å². The standard InChI is InChI=1S/C18H16ClF3N2O/c1-11(12-6-4-3-5-7-12)24-16(25)23-15-9-8-13(19)10-14(15)17(24,2)18(20,21)22/h3-11H,1-2H3,(H,23,25)/t11-,17-/m1/s1. The van der Waals surface area contributed by atoms with Crippen LogP contribution in [0.1, 0.15) is 31.0 Å². The Morgan fingerprint density at radius 1 is 1.16 bits per heavy atom. The number of fused-ring (bicyclic) bond motifs is 1. The monoisotopic (exact) mass is 368 g/mol. The number of urea groups is 1. The fourth-order valence-corrected chi connectivity index (χ4v) is 3.44. The highest BCUT2D eigenvalue weighted by Crippen LogP contribution is 2.52. The van der Waals surface area contributed by atoms with E-state index in [1.807, 2.05) is 0 Å². The molecule has 0 aromatic heterocycles. The molecule has 1 heterocycles. The topological polar surface area (TPSA) is 32.3 Å². The van der Waals surface area contributed by atoms with Gasteiger partial charge in [-0.25, -0.2) is 4.79 Å². The Bertz CT molecular complexity index is 810. The van der Waals surface area contributed by atoms with Crippen LogP contribution in [0.25, 0.3) is 0 Å². The van der Waals surface area contributed by atoms with E-state index in [0.717, 1.165) is 11.8 Å². The van der Waals surface area contributed by atoms with Gasteiger partial charge in [0, 0.05) is 16.3 Å². The molecule has 0 fully saturated rings. The molecule has 0 saturated carbocycles. The molecule has 3 nitrogen and oxygen atoms in total. The molecule has 132 valence electrons. The Kier molecular flexibility index (Phi) is 4.19. The Hall–Kier alpha value is -2.21. The molecule has 2 aromatic rings. The number of alkyl halides is 3. The molecule has 0 bridgehead atoms. The van der Waals surface area contributed by atoms with Crippen LogP contribution in [0.15, 0.2) is 48.5 Å². The van der Waals surface area contributed by atoms with Gasteiger partial charge in [-0.2, -0.15) is 13.2 Å². The molecule has 2 atom stereocenters. The molecule has 1 aliphatic rings. The molecule has 0 radical (unpaired) electrons. The first-order valence-electron chi connectivity index (χ1n) is 7.68. The van der Waals surface area contributed by atoms with E-state index >= 15 is 0 Å². The van der Waals surface area contributed by atoms with Crippen LogP contribution in [0.4, 0.5) is 23.7 Å². The van der Waals surface area contributed by atoms with Gasteiger partial charge in [-0.1, -0.05) is 41.9 Å². The Morgan fingerprint density at radius 3 is 2.40 bits per heavy atom. The van der Waals surface area contributed by atoms with Crippen molar-refractivity contribution in [2.75, 3.05) is 5.32 Å². The molecular formula is C18H16ClF3N2O. The third kappa shape index (κ3) is 2.74.